The maximum absolute atomic E-state index is 12.5. The van der Waals surface area contributed by atoms with Crippen molar-refractivity contribution in [3.8, 4) is 0 Å². The van der Waals surface area contributed by atoms with Gasteiger partial charge in [-0.1, -0.05) is 24.3 Å². The molecule has 0 spiro atoms. The number of nitrogens with zero attached hydrogens (tertiary/aromatic N) is 3. The van der Waals surface area contributed by atoms with Gasteiger partial charge in [-0.15, -0.1) is 0 Å². The Hall–Kier alpha value is -2.96. The van der Waals surface area contributed by atoms with Crippen molar-refractivity contribution < 1.29 is 13.2 Å². The molecule has 2 aromatic carbocycles. The molecule has 3 aromatic rings. The second-order valence-corrected chi connectivity index (χ2v) is 5.16. The molecule has 0 fully saturated rings. The van der Waals surface area contributed by atoms with Gasteiger partial charge in [-0.05, 0) is 36.8 Å². The summed E-state index contributed by atoms with van der Waals surface area (Å²) < 4.78 is 38.7. The summed E-state index contributed by atoms with van der Waals surface area (Å²) in [4.78, 5) is 16.7. The number of rotatable bonds is 2. The van der Waals surface area contributed by atoms with Gasteiger partial charge >= 0.3 is 6.18 Å². The zero-order chi connectivity index (χ0) is 17.3. The molecule has 4 nitrogen and oxygen atoms in total. The van der Waals surface area contributed by atoms with Gasteiger partial charge in [-0.25, -0.2) is 4.98 Å². The maximum atomic E-state index is 12.5. The third-order valence-corrected chi connectivity index (χ3v) is 3.48. The molecule has 0 unspecified atom stereocenters. The lowest BCUT2D eigenvalue weighted by Gasteiger charge is -2.06. The Bertz CT molecular complexity index is 973. The Morgan fingerprint density at radius 1 is 1.08 bits per heavy atom. The molecule has 1 aromatic heterocycles. The largest absolute Gasteiger partial charge is 0.416 e. The summed E-state index contributed by atoms with van der Waals surface area (Å²) in [5, 5.41) is 4.48. The number of alkyl halides is 3. The fourth-order valence-electron chi connectivity index (χ4n) is 2.25. The van der Waals surface area contributed by atoms with Crippen molar-refractivity contribution in [2.24, 2.45) is 5.10 Å². The van der Waals surface area contributed by atoms with Crippen molar-refractivity contribution in [1.29, 1.82) is 0 Å². The van der Waals surface area contributed by atoms with Crippen LogP contribution >= 0.6 is 0 Å². The van der Waals surface area contributed by atoms with Crippen LogP contribution in [0.4, 0.5) is 13.2 Å². The monoisotopic (exact) mass is 331 g/mol. The molecule has 0 aliphatic heterocycles. The zero-order valence-corrected chi connectivity index (χ0v) is 12.6. The van der Waals surface area contributed by atoms with E-state index in [9.17, 15) is 18.0 Å². The SMILES string of the molecule is Cc1nc2ccccc2c(=O)n1/N=C/c1ccc(C(F)(F)F)cc1. The molecular formula is C17H12F3N3O. The lowest BCUT2D eigenvalue weighted by molar-refractivity contribution is -0.137. The van der Waals surface area contributed by atoms with E-state index in [4.69, 9.17) is 0 Å². The van der Waals surface area contributed by atoms with Crippen molar-refractivity contribution in [3.05, 3.63) is 75.8 Å². The van der Waals surface area contributed by atoms with E-state index in [2.05, 4.69) is 10.1 Å². The molecule has 0 aliphatic carbocycles. The minimum absolute atomic E-state index is 0.332. The molecule has 0 atom stereocenters. The summed E-state index contributed by atoms with van der Waals surface area (Å²) in [6.45, 7) is 1.64. The fourth-order valence-corrected chi connectivity index (χ4v) is 2.25. The van der Waals surface area contributed by atoms with Gasteiger partial charge in [0.1, 0.15) is 5.82 Å². The highest BCUT2D eigenvalue weighted by atomic mass is 19.4. The number of aromatic nitrogens is 2. The Morgan fingerprint density at radius 2 is 1.75 bits per heavy atom. The van der Waals surface area contributed by atoms with Gasteiger partial charge in [-0.3, -0.25) is 4.79 Å². The number of hydrogen-bond acceptors (Lipinski definition) is 3. The van der Waals surface area contributed by atoms with E-state index < -0.39 is 11.7 Å². The average molecular weight is 331 g/mol. The molecule has 24 heavy (non-hydrogen) atoms. The quantitative estimate of drug-likeness (QED) is 0.674. The summed E-state index contributed by atoms with van der Waals surface area (Å²) >= 11 is 0. The summed E-state index contributed by atoms with van der Waals surface area (Å²) in [6, 6.07) is 11.4. The highest BCUT2D eigenvalue weighted by Crippen LogP contribution is 2.28. The van der Waals surface area contributed by atoms with Crippen molar-refractivity contribution in [2.75, 3.05) is 0 Å². The Morgan fingerprint density at radius 3 is 2.42 bits per heavy atom. The number of hydrogen-bond donors (Lipinski definition) is 0. The Kier molecular flexibility index (Phi) is 3.92. The predicted octanol–water partition coefficient (Wildman–Crippen LogP) is 3.61. The van der Waals surface area contributed by atoms with Crippen LogP contribution in [0.15, 0.2) is 58.4 Å². The zero-order valence-electron chi connectivity index (χ0n) is 12.6. The average Bonchev–Trinajstić information content (AvgIpc) is 2.54. The van der Waals surface area contributed by atoms with E-state index >= 15 is 0 Å². The number of para-hydroxylation sites is 1. The number of benzene rings is 2. The standard InChI is InChI=1S/C17H12F3N3O/c1-11-22-15-5-3-2-4-14(15)16(24)23(11)21-10-12-6-8-13(9-7-12)17(18,19)20/h2-10H,1H3/b21-10+. The lowest BCUT2D eigenvalue weighted by Crippen LogP contribution is -2.20. The molecule has 7 heteroatoms. The van der Waals surface area contributed by atoms with E-state index in [0.29, 0.717) is 22.3 Å². The molecule has 0 radical (unpaired) electrons. The van der Waals surface area contributed by atoms with E-state index in [1.54, 1.807) is 31.2 Å². The molecular weight excluding hydrogens is 319 g/mol. The summed E-state index contributed by atoms with van der Waals surface area (Å²) in [6.07, 6.45) is -3.06. The van der Waals surface area contributed by atoms with Crippen molar-refractivity contribution in [1.82, 2.24) is 9.66 Å². The van der Waals surface area contributed by atoms with Crippen LogP contribution < -0.4 is 5.56 Å². The van der Waals surface area contributed by atoms with Crippen LogP contribution in [-0.2, 0) is 6.18 Å². The van der Waals surface area contributed by atoms with Crippen LogP contribution in [0, 0.1) is 6.92 Å². The van der Waals surface area contributed by atoms with E-state index in [0.717, 1.165) is 16.8 Å². The van der Waals surface area contributed by atoms with Crippen LogP contribution in [0.1, 0.15) is 17.0 Å². The topological polar surface area (TPSA) is 47.2 Å². The first-order valence-corrected chi connectivity index (χ1v) is 7.06. The predicted molar refractivity (Wildman–Crippen MR) is 85.2 cm³/mol. The highest BCUT2D eigenvalue weighted by Gasteiger charge is 2.29. The van der Waals surface area contributed by atoms with E-state index in [1.165, 1.54) is 18.3 Å². The van der Waals surface area contributed by atoms with Gasteiger partial charge < -0.3 is 0 Å². The first kappa shape index (κ1) is 15.9. The van der Waals surface area contributed by atoms with Gasteiger partial charge in [0.25, 0.3) is 5.56 Å². The molecule has 1 heterocycles. The van der Waals surface area contributed by atoms with Crippen LogP contribution in [0.25, 0.3) is 10.9 Å². The smallest absolute Gasteiger partial charge is 0.267 e. The molecule has 0 aliphatic rings. The highest BCUT2D eigenvalue weighted by molar-refractivity contribution is 5.80. The second kappa shape index (κ2) is 5.92. The number of fused-ring (bicyclic) bond motifs is 1. The normalized spacial score (nSPS) is 12.2. The van der Waals surface area contributed by atoms with E-state index in [1.807, 2.05) is 0 Å². The molecule has 122 valence electrons. The summed E-state index contributed by atoms with van der Waals surface area (Å²) in [5.41, 5.74) is -0.0509. The Labute approximate surface area is 134 Å². The first-order valence-electron chi connectivity index (χ1n) is 7.06. The minimum Gasteiger partial charge on any atom is -0.267 e. The minimum atomic E-state index is -4.38. The molecule has 0 N–H and O–H groups in total. The molecule has 0 saturated carbocycles. The summed E-state index contributed by atoms with van der Waals surface area (Å²) in [7, 11) is 0. The van der Waals surface area contributed by atoms with Crippen LogP contribution in [0.3, 0.4) is 0 Å². The molecule has 0 bridgehead atoms. The van der Waals surface area contributed by atoms with Crippen molar-refractivity contribution in [2.45, 2.75) is 13.1 Å². The number of halogens is 3. The summed E-state index contributed by atoms with van der Waals surface area (Å²) in [5.74, 6) is 0.391. The fraction of sp³-hybridized carbons (Fsp3) is 0.118. The van der Waals surface area contributed by atoms with Gasteiger partial charge in [0, 0.05) is 0 Å². The van der Waals surface area contributed by atoms with E-state index in [-0.39, 0.29) is 5.56 Å². The number of aryl methyl sites for hydroxylation is 1. The molecule has 3 rings (SSSR count). The van der Waals surface area contributed by atoms with Crippen molar-refractivity contribution >= 4 is 17.1 Å². The van der Waals surface area contributed by atoms with Crippen LogP contribution in [-0.4, -0.2) is 15.9 Å². The van der Waals surface area contributed by atoms with Gasteiger partial charge in [0.05, 0.1) is 22.7 Å². The van der Waals surface area contributed by atoms with Crippen LogP contribution in [0.2, 0.25) is 0 Å². The van der Waals surface area contributed by atoms with Crippen molar-refractivity contribution in [3.63, 3.8) is 0 Å². The van der Waals surface area contributed by atoms with Gasteiger partial charge in [0.2, 0.25) is 0 Å². The first-order chi connectivity index (χ1) is 11.4. The van der Waals surface area contributed by atoms with Gasteiger partial charge in [0.15, 0.2) is 0 Å². The molecule has 0 saturated heterocycles. The third kappa shape index (κ3) is 3.05. The second-order valence-electron chi connectivity index (χ2n) is 5.16. The third-order valence-electron chi connectivity index (χ3n) is 3.48. The van der Waals surface area contributed by atoms with Gasteiger partial charge in [-0.2, -0.15) is 22.9 Å². The molecule has 0 amide bonds. The maximum Gasteiger partial charge on any atom is 0.416 e. The Balaban J connectivity index is 1.98. The lowest BCUT2D eigenvalue weighted by atomic mass is 10.1. The van der Waals surface area contributed by atoms with Crippen LogP contribution in [0.5, 0.6) is 0 Å².